The molecule has 0 bridgehead atoms. The molecule has 3 atom stereocenters. The van der Waals surface area contributed by atoms with Crippen LogP contribution in [0.25, 0.3) is 10.9 Å². The van der Waals surface area contributed by atoms with Gasteiger partial charge < -0.3 is 19.5 Å². The van der Waals surface area contributed by atoms with Gasteiger partial charge in [0.1, 0.15) is 6.04 Å². The summed E-state index contributed by atoms with van der Waals surface area (Å²) in [5.41, 5.74) is 4.24. The molecule has 0 aliphatic carbocycles. The third-order valence-corrected chi connectivity index (χ3v) is 6.91. The zero-order valence-corrected chi connectivity index (χ0v) is 17.3. The van der Waals surface area contributed by atoms with Crippen LogP contribution in [0, 0.1) is 0 Å². The Labute approximate surface area is 180 Å². The molecule has 2 unspecified atom stereocenters. The number of benzene rings is 2. The van der Waals surface area contributed by atoms with Crippen molar-refractivity contribution in [2.75, 3.05) is 19.7 Å². The van der Waals surface area contributed by atoms with Crippen LogP contribution in [-0.4, -0.2) is 58.4 Å². The lowest BCUT2D eigenvalue weighted by Crippen LogP contribution is -2.63. The Morgan fingerprint density at radius 3 is 2.65 bits per heavy atom. The number of para-hydroxylation sites is 1. The van der Waals surface area contributed by atoms with Gasteiger partial charge in [-0.1, -0.05) is 48.5 Å². The smallest absolute Gasteiger partial charge is 0.246 e. The third-order valence-electron chi connectivity index (χ3n) is 6.91. The van der Waals surface area contributed by atoms with E-state index in [-0.39, 0.29) is 30.5 Å². The van der Waals surface area contributed by atoms with Gasteiger partial charge in [-0.15, -0.1) is 0 Å². The van der Waals surface area contributed by atoms with Crippen LogP contribution in [-0.2, 0) is 20.7 Å². The van der Waals surface area contributed by atoms with E-state index in [0.717, 1.165) is 47.2 Å². The van der Waals surface area contributed by atoms with E-state index in [0.29, 0.717) is 13.0 Å². The maximum absolute atomic E-state index is 13.6. The van der Waals surface area contributed by atoms with Crippen LogP contribution < -0.4 is 0 Å². The molecule has 0 saturated carbocycles. The normalized spacial score (nSPS) is 25.7. The molecular formula is C25H25N3O3. The predicted molar refractivity (Wildman–Crippen MR) is 116 cm³/mol. The van der Waals surface area contributed by atoms with E-state index < -0.39 is 6.04 Å². The number of hydrogen-bond acceptors (Lipinski definition) is 3. The van der Waals surface area contributed by atoms with E-state index >= 15 is 0 Å². The van der Waals surface area contributed by atoms with Crippen LogP contribution in [0.5, 0.6) is 0 Å². The van der Waals surface area contributed by atoms with Crippen molar-refractivity contribution in [2.45, 2.75) is 37.5 Å². The first-order valence-electron chi connectivity index (χ1n) is 11.1. The average Bonchev–Trinajstić information content (AvgIpc) is 3.44. The van der Waals surface area contributed by atoms with Crippen LogP contribution in [0.15, 0.2) is 54.6 Å². The first-order chi connectivity index (χ1) is 15.2. The van der Waals surface area contributed by atoms with Gasteiger partial charge in [0.2, 0.25) is 11.8 Å². The molecule has 6 heteroatoms. The zero-order valence-electron chi connectivity index (χ0n) is 17.3. The summed E-state index contributed by atoms with van der Waals surface area (Å²) in [5, 5.41) is 1.13. The number of amides is 2. The van der Waals surface area contributed by atoms with Gasteiger partial charge in [0, 0.05) is 36.2 Å². The molecule has 2 saturated heterocycles. The molecule has 2 fully saturated rings. The highest BCUT2D eigenvalue weighted by Gasteiger charge is 2.48. The molecule has 6 rings (SSSR count). The molecular weight excluding hydrogens is 390 g/mol. The Hall–Kier alpha value is -3.12. The number of carbonyl (C=O) groups is 2. The lowest BCUT2D eigenvalue weighted by atomic mass is 9.86. The van der Waals surface area contributed by atoms with Crippen molar-refractivity contribution < 1.29 is 14.3 Å². The molecule has 1 aromatic heterocycles. The molecule has 0 radical (unpaired) electrons. The number of rotatable bonds is 3. The molecule has 6 nitrogen and oxygen atoms in total. The van der Waals surface area contributed by atoms with E-state index in [1.165, 1.54) is 0 Å². The zero-order chi connectivity index (χ0) is 20.9. The predicted octanol–water partition coefficient (Wildman–Crippen LogP) is 3.03. The summed E-state index contributed by atoms with van der Waals surface area (Å²) in [6, 6.07) is 17.4. The summed E-state index contributed by atoms with van der Waals surface area (Å²) in [6.45, 7) is 1.37. The number of aromatic amines is 1. The Balaban J connectivity index is 1.45. The monoisotopic (exact) mass is 415 g/mol. The number of carbonyl (C=O) groups excluding carboxylic acids is 2. The molecule has 31 heavy (non-hydrogen) atoms. The summed E-state index contributed by atoms with van der Waals surface area (Å²) in [5.74, 6) is 0.0349. The van der Waals surface area contributed by atoms with Crippen molar-refractivity contribution in [3.05, 3.63) is 71.4 Å². The summed E-state index contributed by atoms with van der Waals surface area (Å²) in [7, 11) is 0. The number of ether oxygens (including phenoxy) is 1. The van der Waals surface area contributed by atoms with Crippen molar-refractivity contribution in [3.63, 3.8) is 0 Å². The van der Waals surface area contributed by atoms with Gasteiger partial charge in [0.05, 0.1) is 18.7 Å². The van der Waals surface area contributed by atoms with Crippen molar-refractivity contribution in [1.29, 1.82) is 0 Å². The first-order valence-corrected chi connectivity index (χ1v) is 11.1. The van der Waals surface area contributed by atoms with Gasteiger partial charge in [-0.2, -0.15) is 0 Å². The minimum Gasteiger partial charge on any atom is -0.376 e. The maximum atomic E-state index is 13.6. The van der Waals surface area contributed by atoms with Crippen molar-refractivity contribution in [3.8, 4) is 0 Å². The molecule has 1 N–H and O–H groups in total. The minimum atomic E-state index is -0.487. The van der Waals surface area contributed by atoms with E-state index in [4.69, 9.17) is 4.74 Å². The van der Waals surface area contributed by atoms with E-state index in [9.17, 15) is 9.59 Å². The Morgan fingerprint density at radius 2 is 1.84 bits per heavy atom. The first kappa shape index (κ1) is 18.6. The average molecular weight is 415 g/mol. The lowest BCUT2D eigenvalue weighted by Gasteiger charge is -2.47. The van der Waals surface area contributed by atoms with E-state index in [1.54, 1.807) is 4.90 Å². The molecule has 0 spiro atoms. The van der Waals surface area contributed by atoms with Gasteiger partial charge in [0.15, 0.2) is 0 Å². The fourth-order valence-electron chi connectivity index (χ4n) is 5.49. The van der Waals surface area contributed by atoms with E-state index in [2.05, 4.69) is 17.1 Å². The molecule has 3 aromatic rings. The van der Waals surface area contributed by atoms with Crippen molar-refractivity contribution in [1.82, 2.24) is 14.8 Å². The number of hydrogen-bond donors (Lipinski definition) is 1. The summed E-state index contributed by atoms with van der Waals surface area (Å²) < 4.78 is 5.74. The van der Waals surface area contributed by atoms with Gasteiger partial charge in [-0.3, -0.25) is 9.59 Å². The SMILES string of the molecule is O=C1[C@@H]2Cc3c([nH]c4ccccc34)C(c3ccccc3)N2C(=O)CN1CC1CCCO1. The number of piperazine rings is 1. The Morgan fingerprint density at radius 1 is 1.03 bits per heavy atom. The highest BCUT2D eigenvalue weighted by molar-refractivity contribution is 5.97. The standard InChI is InChI=1S/C25H25N3O3/c29-22-15-27(14-17-9-6-12-31-17)25(30)21-13-19-18-10-4-5-11-20(18)26-23(19)24(28(21)22)16-7-2-1-3-8-16/h1-5,7-8,10-11,17,21,24,26H,6,9,12-15H2/t17?,21-,24?/m0/s1. The number of H-pyrrole nitrogens is 1. The number of fused-ring (bicyclic) bond motifs is 4. The molecule has 4 heterocycles. The van der Waals surface area contributed by atoms with Gasteiger partial charge >= 0.3 is 0 Å². The van der Waals surface area contributed by atoms with Gasteiger partial charge in [-0.25, -0.2) is 0 Å². The van der Waals surface area contributed by atoms with Crippen molar-refractivity contribution >= 4 is 22.7 Å². The second-order valence-corrected chi connectivity index (χ2v) is 8.75. The van der Waals surface area contributed by atoms with Gasteiger partial charge in [0.25, 0.3) is 0 Å². The largest absolute Gasteiger partial charge is 0.376 e. The second-order valence-electron chi connectivity index (χ2n) is 8.75. The maximum Gasteiger partial charge on any atom is 0.246 e. The fraction of sp³-hybridized carbons (Fsp3) is 0.360. The van der Waals surface area contributed by atoms with E-state index in [1.807, 2.05) is 47.4 Å². The second kappa shape index (κ2) is 7.24. The molecule has 3 aliphatic heterocycles. The topological polar surface area (TPSA) is 65.6 Å². The highest BCUT2D eigenvalue weighted by atomic mass is 16.5. The minimum absolute atomic E-state index is 0.000700. The summed E-state index contributed by atoms with van der Waals surface area (Å²) >= 11 is 0. The summed E-state index contributed by atoms with van der Waals surface area (Å²) in [6.07, 6.45) is 2.55. The van der Waals surface area contributed by atoms with Crippen LogP contribution >= 0.6 is 0 Å². The number of nitrogens with zero attached hydrogens (tertiary/aromatic N) is 2. The third kappa shape index (κ3) is 2.97. The quantitative estimate of drug-likeness (QED) is 0.715. The highest BCUT2D eigenvalue weighted by Crippen LogP contribution is 2.42. The van der Waals surface area contributed by atoms with Gasteiger partial charge in [-0.05, 0) is 30.0 Å². The van der Waals surface area contributed by atoms with Crippen LogP contribution in [0.4, 0.5) is 0 Å². The Bertz CT molecular complexity index is 1150. The molecule has 3 aliphatic rings. The van der Waals surface area contributed by atoms with Crippen LogP contribution in [0.3, 0.4) is 0 Å². The lowest BCUT2D eigenvalue weighted by molar-refractivity contribution is -0.159. The van der Waals surface area contributed by atoms with Crippen LogP contribution in [0.2, 0.25) is 0 Å². The number of aromatic nitrogens is 1. The van der Waals surface area contributed by atoms with Crippen LogP contribution in [0.1, 0.15) is 35.7 Å². The Kier molecular flexibility index (Phi) is 4.35. The molecule has 2 aromatic carbocycles. The molecule has 2 amide bonds. The summed E-state index contributed by atoms with van der Waals surface area (Å²) in [4.78, 5) is 34.2. The van der Waals surface area contributed by atoms with Crippen molar-refractivity contribution in [2.24, 2.45) is 0 Å². The fourth-order valence-corrected chi connectivity index (χ4v) is 5.49. The number of nitrogens with one attached hydrogen (secondary N) is 1. The molecule has 158 valence electrons.